The Morgan fingerprint density at radius 1 is 0.686 bits per heavy atom. The van der Waals surface area contributed by atoms with Crippen LogP contribution >= 0.6 is 0 Å². The minimum atomic E-state index is -8.49. The molecule has 0 bridgehead atoms. The lowest BCUT2D eigenvalue weighted by Gasteiger charge is -2.43. The zero-order chi connectivity index (χ0) is 28.1. The van der Waals surface area contributed by atoms with Crippen LogP contribution in [0.4, 0.5) is 75.0 Å². The number of hydrogen-bond acceptors (Lipinski definition) is 1. The van der Waals surface area contributed by atoms with Gasteiger partial charge in [-0.1, -0.05) is 19.3 Å². The first kappa shape index (κ1) is 31.2. The van der Waals surface area contributed by atoms with Crippen molar-refractivity contribution in [3.05, 3.63) is 0 Å². The van der Waals surface area contributed by atoms with Gasteiger partial charge in [-0.2, -0.15) is 61.5 Å². The van der Waals surface area contributed by atoms with Crippen LogP contribution in [0.1, 0.15) is 32.1 Å². The second kappa shape index (κ2) is 9.23. The topological polar surface area (TPSA) is 40.5 Å². The van der Waals surface area contributed by atoms with Gasteiger partial charge in [-0.25, -0.2) is 13.6 Å². The molecular weight excluding hydrogens is 542 g/mol. The highest BCUT2D eigenvalue weighted by Gasteiger charge is 2.93. The van der Waals surface area contributed by atoms with Crippen molar-refractivity contribution in [2.45, 2.75) is 86.0 Å². The van der Waals surface area contributed by atoms with Crippen LogP contribution in [-0.4, -0.2) is 76.6 Å². The Morgan fingerprint density at radius 3 is 1.43 bits per heavy atom. The molecule has 0 aliphatic heterocycles. The van der Waals surface area contributed by atoms with Gasteiger partial charge in [-0.15, -0.1) is 0 Å². The largest absolute Gasteiger partial charge is 0.465 e. The predicted molar refractivity (Wildman–Crippen MR) is 82.2 cm³/mol. The van der Waals surface area contributed by atoms with Crippen molar-refractivity contribution in [3.8, 4) is 0 Å². The van der Waals surface area contributed by atoms with Crippen molar-refractivity contribution >= 4 is 6.09 Å². The van der Waals surface area contributed by atoms with Gasteiger partial charge in [-0.05, 0) is 12.8 Å². The molecule has 208 valence electrons. The lowest BCUT2D eigenvalue weighted by molar-refractivity contribution is -0.447. The number of nitrogens with zero attached hydrogens (tertiary/aromatic N) is 1. The highest BCUT2D eigenvalue weighted by Crippen LogP contribution is 2.62. The van der Waals surface area contributed by atoms with Crippen LogP contribution in [0.5, 0.6) is 0 Å². The summed E-state index contributed by atoms with van der Waals surface area (Å²) in [6, 6.07) is -1.53. The van der Waals surface area contributed by atoms with Gasteiger partial charge in [0.05, 0.1) is 6.54 Å². The third-order valence-corrected chi connectivity index (χ3v) is 5.36. The van der Waals surface area contributed by atoms with Crippen LogP contribution in [-0.2, 0) is 0 Å². The molecule has 1 N–H and O–H groups in total. The van der Waals surface area contributed by atoms with Crippen LogP contribution in [0, 0.1) is 0 Å². The van der Waals surface area contributed by atoms with E-state index >= 15 is 0 Å². The van der Waals surface area contributed by atoms with E-state index in [2.05, 4.69) is 0 Å². The fraction of sp³-hybridized carbons (Fsp3) is 0.938. The second-order valence-electron chi connectivity index (χ2n) is 7.70. The molecule has 0 aromatic rings. The molecule has 1 aliphatic rings. The third kappa shape index (κ3) is 4.67. The van der Waals surface area contributed by atoms with Crippen LogP contribution in [0.25, 0.3) is 0 Å². The number of hydrogen-bond donors (Lipinski definition) is 1. The Bertz CT molecular complexity index is 763. The van der Waals surface area contributed by atoms with Crippen LogP contribution < -0.4 is 0 Å². The van der Waals surface area contributed by atoms with Crippen molar-refractivity contribution in [1.82, 2.24) is 4.90 Å². The molecular formula is C16H15F16NO2. The van der Waals surface area contributed by atoms with Crippen LogP contribution in [0.15, 0.2) is 0 Å². The summed E-state index contributed by atoms with van der Waals surface area (Å²) in [7, 11) is 0. The van der Waals surface area contributed by atoms with Crippen molar-refractivity contribution in [2.75, 3.05) is 6.54 Å². The van der Waals surface area contributed by atoms with Gasteiger partial charge in [0.25, 0.3) is 0 Å². The lowest BCUT2D eigenvalue weighted by Crippen LogP contribution is -2.74. The van der Waals surface area contributed by atoms with Gasteiger partial charge >= 0.3 is 54.0 Å². The fourth-order valence-electron chi connectivity index (χ4n) is 3.23. The normalized spacial score (nSPS) is 18.2. The summed E-state index contributed by atoms with van der Waals surface area (Å²) in [5.74, 6) is -55.4. The zero-order valence-corrected chi connectivity index (χ0v) is 16.7. The summed E-state index contributed by atoms with van der Waals surface area (Å²) < 4.78 is 214. The van der Waals surface area contributed by atoms with E-state index in [0.29, 0.717) is 6.42 Å². The van der Waals surface area contributed by atoms with Gasteiger partial charge in [0, 0.05) is 6.04 Å². The quantitative estimate of drug-likeness (QED) is 0.294. The first-order valence-corrected chi connectivity index (χ1v) is 9.27. The molecule has 0 radical (unpaired) electrons. The molecule has 1 saturated carbocycles. The van der Waals surface area contributed by atoms with Crippen molar-refractivity contribution < 1.29 is 80.1 Å². The number of amides is 1. The number of halogens is 16. The number of alkyl halides is 16. The Hall–Kier alpha value is -1.85. The average Bonchev–Trinajstić information content (AvgIpc) is 2.71. The minimum absolute atomic E-state index is 0.129. The maximum Gasteiger partial charge on any atom is 0.407 e. The predicted octanol–water partition coefficient (Wildman–Crippen LogP) is 7.01. The van der Waals surface area contributed by atoms with E-state index in [1.165, 1.54) is 0 Å². The van der Waals surface area contributed by atoms with Crippen LogP contribution in [0.3, 0.4) is 0 Å². The summed E-state index contributed by atoms with van der Waals surface area (Å²) in [5.41, 5.74) is 0. The van der Waals surface area contributed by atoms with E-state index in [1.807, 2.05) is 0 Å². The third-order valence-electron chi connectivity index (χ3n) is 5.36. The van der Waals surface area contributed by atoms with Crippen molar-refractivity contribution in [2.24, 2.45) is 0 Å². The minimum Gasteiger partial charge on any atom is -0.465 e. The molecule has 1 aliphatic carbocycles. The van der Waals surface area contributed by atoms with E-state index in [1.54, 1.807) is 0 Å². The SMILES string of the molecule is O=C(O)N(CC(F)(F)C(F)(F)C(F)(F)C(F)(F)C(F)(F)C(F)(F)C(F)(F)C(F)F)C1CCCCC1. The maximum atomic E-state index is 14.1. The van der Waals surface area contributed by atoms with E-state index in [4.69, 9.17) is 5.11 Å². The average molecular weight is 557 g/mol. The molecule has 0 atom stereocenters. The molecule has 0 unspecified atom stereocenters. The number of rotatable bonds is 10. The monoisotopic (exact) mass is 557 g/mol. The van der Waals surface area contributed by atoms with Gasteiger partial charge in [-0.3, -0.25) is 4.90 Å². The molecule has 0 spiro atoms. The lowest BCUT2D eigenvalue weighted by atomic mass is 9.88. The van der Waals surface area contributed by atoms with Crippen LogP contribution in [0.2, 0.25) is 0 Å². The molecule has 19 heteroatoms. The zero-order valence-electron chi connectivity index (χ0n) is 16.7. The molecule has 0 heterocycles. The Kier molecular flexibility index (Phi) is 8.22. The van der Waals surface area contributed by atoms with E-state index in [0.717, 1.165) is 0 Å². The molecule has 0 saturated heterocycles. The summed E-state index contributed by atoms with van der Waals surface area (Å²) >= 11 is 0. The van der Waals surface area contributed by atoms with Gasteiger partial charge in [0.2, 0.25) is 0 Å². The second-order valence-corrected chi connectivity index (χ2v) is 7.70. The number of carbonyl (C=O) groups is 1. The molecule has 1 rings (SSSR count). The van der Waals surface area contributed by atoms with E-state index in [9.17, 15) is 75.0 Å². The molecule has 1 fully saturated rings. The van der Waals surface area contributed by atoms with E-state index < -0.39 is 71.5 Å². The summed E-state index contributed by atoms with van der Waals surface area (Å²) in [6.45, 7) is -3.01. The molecule has 0 aromatic carbocycles. The molecule has 1 amide bonds. The highest BCUT2D eigenvalue weighted by molar-refractivity contribution is 5.65. The van der Waals surface area contributed by atoms with Crippen molar-refractivity contribution in [1.29, 1.82) is 0 Å². The first-order valence-electron chi connectivity index (χ1n) is 9.27. The maximum absolute atomic E-state index is 14.1. The molecule has 35 heavy (non-hydrogen) atoms. The molecule has 3 nitrogen and oxygen atoms in total. The fourth-order valence-corrected chi connectivity index (χ4v) is 3.23. The number of carboxylic acid groups (broad SMARTS) is 1. The Labute approximate surface area is 185 Å². The van der Waals surface area contributed by atoms with Gasteiger partial charge in [0.1, 0.15) is 0 Å². The van der Waals surface area contributed by atoms with Gasteiger partial charge < -0.3 is 5.11 Å². The Balaban J connectivity index is 3.50. The Morgan fingerprint density at radius 2 is 1.06 bits per heavy atom. The molecule has 0 aromatic heterocycles. The van der Waals surface area contributed by atoms with Crippen molar-refractivity contribution in [3.63, 3.8) is 0 Å². The summed E-state index contributed by atoms with van der Waals surface area (Å²) in [6.07, 6.45) is -8.26. The summed E-state index contributed by atoms with van der Waals surface area (Å²) in [5, 5.41) is 8.93. The summed E-state index contributed by atoms with van der Waals surface area (Å²) in [4.78, 5) is 10.6. The van der Waals surface area contributed by atoms with Gasteiger partial charge in [0.15, 0.2) is 0 Å². The smallest absolute Gasteiger partial charge is 0.407 e. The first-order chi connectivity index (χ1) is 15.3. The standard InChI is InChI=1S/C16H15F16NO2/c17-8(18)11(21,22)13(25,26)15(29,30)16(31,32)14(27,28)12(23,24)10(19,20)6-33(9(34)35)7-4-2-1-3-5-7/h7-8H,1-6H2,(H,34,35). The highest BCUT2D eigenvalue weighted by atomic mass is 19.4. The van der Waals surface area contributed by atoms with E-state index in [-0.39, 0.29) is 25.7 Å².